The van der Waals surface area contributed by atoms with Crippen molar-refractivity contribution in [2.75, 3.05) is 33.0 Å². The summed E-state index contributed by atoms with van der Waals surface area (Å²) in [5.74, 6) is 0. The molecule has 0 amide bonds. The molecule has 32 heavy (non-hydrogen) atoms. The van der Waals surface area contributed by atoms with Crippen LogP contribution in [0.25, 0.3) is 0 Å². The van der Waals surface area contributed by atoms with Crippen LogP contribution in [0.2, 0.25) is 0 Å². The molecule has 0 aliphatic carbocycles. The van der Waals surface area contributed by atoms with E-state index in [1.807, 2.05) is 0 Å². The first-order chi connectivity index (χ1) is 15.4. The fourth-order valence-electron chi connectivity index (χ4n) is 4.25. The molecule has 4 fully saturated rings. The highest BCUT2D eigenvalue weighted by molar-refractivity contribution is 4.89. The Morgan fingerprint density at radius 3 is 2.00 bits per heavy atom. The molecule has 4 rings (SSSR count). The number of aliphatic hydroxyl groups is 5. The van der Waals surface area contributed by atoms with Gasteiger partial charge in [0.05, 0.1) is 38.6 Å². The lowest BCUT2D eigenvalue weighted by Crippen LogP contribution is -2.60. The van der Waals surface area contributed by atoms with Crippen molar-refractivity contribution < 1.29 is 58.7 Å². The highest BCUT2D eigenvalue weighted by atomic mass is 16.7. The summed E-state index contributed by atoms with van der Waals surface area (Å²) in [6.45, 7) is 1.17. The first-order valence-corrected chi connectivity index (χ1v) is 11.2. The smallest absolute Gasteiger partial charge is 0.186 e. The minimum Gasteiger partial charge on any atom is -0.388 e. The normalized spacial score (nSPS) is 48.5. The first kappa shape index (κ1) is 24.6. The molecule has 4 saturated heterocycles. The fraction of sp³-hybridized carbons (Fsp3) is 1.00. The van der Waals surface area contributed by atoms with Crippen molar-refractivity contribution in [2.45, 2.75) is 93.4 Å². The zero-order valence-corrected chi connectivity index (χ0v) is 17.8. The number of hydrogen-bond donors (Lipinski definition) is 5. The molecule has 0 bridgehead atoms. The maximum atomic E-state index is 10.7. The van der Waals surface area contributed by atoms with E-state index < -0.39 is 49.2 Å². The van der Waals surface area contributed by atoms with Gasteiger partial charge in [-0.1, -0.05) is 0 Å². The highest BCUT2D eigenvalue weighted by Crippen LogP contribution is 2.28. The Kier molecular flexibility index (Phi) is 8.70. The monoisotopic (exact) mass is 466 g/mol. The van der Waals surface area contributed by atoms with Gasteiger partial charge in [-0.2, -0.15) is 0 Å². The summed E-state index contributed by atoms with van der Waals surface area (Å²) in [6.07, 6.45) is -7.94. The molecular formula is C20H34O12. The first-order valence-electron chi connectivity index (χ1n) is 11.2. The van der Waals surface area contributed by atoms with E-state index in [2.05, 4.69) is 0 Å². The summed E-state index contributed by atoms with van der Waals surface area (Å²) in [6, 6.07) is 0. The average molecular weight is 466 g/mol. The van der Waals surface area contributed by atoms with Crippen molar-refractivity contribution in [1.82, 2.24) is 0 Å². The molecule has 5 N–H and O–H groups in total. The highest BCUT2D eigenvalue weighted by Gasteiger charge is 2.46. The van der Waals surface area contributed by atoms with Gasteiger partial charge < -0.3 is 58.7 Å². The lowest BCUT2D eigenvalue weighted by Gasteiger charge is -2.43. The zero-order valence-electron chi connectivity index (χ0n) is 17.8. The number of hydrogen-bond acceptors (Lipinski definition) is 12. The van der Waals surface area contributed by atoms with Crippen LogP contribution in [0.15, 0.2) is 0 Å². The Labute approximate surface area is 185 Å². The molecule has 12 nitrogen and oxygen atoms in total. The molecule has 0 spiro atoms. The maximum absolute atomic E-state index is 10.7. The second-order valence-corrected chi connectivity index (χ2v) is 8.68. The van der Waals surface area contributed by atoms with Gasteiger partial charge in [-0.25, -0.2) is 0 Å². The van der Waals surface area contributed by atoms with Crippen LogP contribution in [-0.2, 0) is 33.2 Å². The van der Waals surface area contributed by atoms with E-state index in [1.165, 1.54) is 0 Å². The topological polar surface area (TPSA) is 166 Å². The summed E-state index contributed by atoms with van der Waals surface area (Å²) in [7, 11) is 0. The summed E-state index contributed by atoms with van der Waals surface area (Å²) in [5.41, 5.74) is 0. The van der Waals surface area contributed by atoms with E-state index in [0.29, 0.717) is 19.4 Å². The van der Waals surface area contributed by atoms with Crippen LogP contribution in [0.1, 0.15) is 25.7 Å². The summed E-state index contributed by atoms with van der Waals surface area (Å²) in [4.78, 5) is 0. The second-order valence-electron chi connectivity index (χ2n) is 8.68. The molecule has 12 heteroatoms. The van der Waals surface area contributed by atoms with Crippen molar-refractivity contribution >= 4 is 0 Å². The van der Waals surface area contributed by atoms with Gasteiger partial charge in [-0.3, -0.25) is 0 Å². The Morgan fingerprint density at radius 1 is 0.594 bits per heavy atom. The van der Waals surface area contributed by atoms with Gasteiger partial charge in [0.15, 0.2) is 18.9 Å². The van der Waals surface area contributed by atoms with E-state index >= 15 is 0 Å². The van der Waals surface area contributed by atoms with Gasteiger partial charge in [0.1, 0.15) is 36.6 Å². The second kappa shape index (κ2) is 11.3. The molecular weight excluding hydrogens is 432 g/mol. The van der Waals surface area contributed by atoms with Gasteiger partial charge in [-0.15, -0.1) is 0 Å². The van der Waals surface area contributed by atoms with Crippen LogP contribution in [0, 0.1) is 0 Å². The minimum absolute atomic E-state index is 0.0334. The van der Waals surface area contributed by atoms with E-state index in [0.717, 1.165) is 19.4 Å². The molecule has 0 aromatic carbocycles. The van der Waals surface area contributed by atoms with Crippen LogP contribution in [0.3, 0.4) is 0 Å². The summed E-state index contributed by atoms with van der Waals surface area (Å²) in [5, 5.41) is 50.3. The third kappa shape index (κ3) is 5.95. The summed E-state index contributed by atoms with van der Waals surface area (Å²) >= 11 is 0. The third-order valence-corrected chi connectivity index (χ3v) is 6.15. The maximum Gasteiger partial charge on any atom is 0.186 e. The number of rotatable bonds is 6. The Bertz CT molecular complexity index is 567. The van der Waals surface area contributed by atoms with Crippen LogP contribution < -0.4 is 0 Å². The molecule has 4 heterocycles. The van der Waals surface area contributed by atoms with Crippen molar-refractivity contribution in [3.8, 4) is 0 Å². The molecule has 0 aromatic rings. The van der Waals surface area contributed by atoms with Crippen molar-refractivity contribution in [1.29, 1.82) is 0 Å². The largest absolute Gasteiger partial charge is 0.388 e. The average Bonchev–Trinajstić information content (AvgIpc) is 2.80. The van der Waals surface area contributed by atoms with Gasteiger partial charge in [-0.05, 0) is 19.3 Å². The molecule has 11 atom stereocenters. The standard InChI is InChI=1S/C20H34O12/c21-12-8-28-19(16(24)15(12)23)32-18-13(22)9-29-20(17(18)25)31-11-3-4-14(27-7-11)30-10-2-1-5-26-6-10/h10-25H,1-9H2/t10-,11-,12-,13-,14+,15+,16-,17-,18+,19+,20+/m1/s1. The number of ether oxygens (including phenoxy) is 7. The van der Waals surface area contributed by atoms with Crippen molar-refractivity contribution in [3.63, 3.8) is 0 Å². The van der Waals surface area contributed by atoms with Gasteiger partial charge >= 0.3 is 0 Å². The van der Waals surface area contributed by atoms with Gasteiger partial charge in [0.25, 0.3) is 0 Å². The van der Waals surface area contributed by atoms with E-state index in [1.54, 1.807) is 0 Å². The third-order valence-electron chi connectivity index (χ3n) is 6.15. The predicted octanol–water partition coefficient (Wildman–Crippen LogP) is -2.39. The van der Waals surface area contributed by atoms with Crippen molar-refractivity contribution in [2.24, 2.45) is 0 Å². The van der Waals surface area contributed by atoms with Gasteiger partial charge in [0, 0.05) is 13.0 Å². The molecule has 4 aliphatic rings. The molecule has 4 aliphatic heterocycles. The molecule has 0 aromatic heterocycles. The van der Waals surface area contributed by atoms with Crippen molar-refractivity contribution in [3.05, 3.63) is 0 Å². The lowest BCUT2D eigenvalue weighted by atomic mass is 10.0. The Balaban J connectivity index is 1.24. The van der Waals surface area contributed by atoms with E-state index in [4.69, 9.17) is 33.2 Å². The Morgan fingerprint density at radius 2 is 1.31 bits per heavy atom. The van der Waals surface area contributed by atoms with Gasteiger partial charge in [0.2, 0.25) is 0 Å². The molecule has 0 saturated carbocycles. The Hall–Kier alpha value is -0.480. The molecule has 0 unspecified atom stereocenters. The molecule has 0 radical (unpaired) electrons. The zero-order chi connectivity index (χ0) is 22.7. The number of aliphatic hydroxyl groups excluding tert-OH is 5. The SMILES string of the molecule is O[C@@H]1[C@@H](O)[C@H](O[C@@H]2[C@@H](O)[C@H](O[C@@H]3CC[C@H](O[C@@H]4CCCOC4)OC3)OC[C@H]2O)OC[C@H]1O. The van der Waals surface area contributed by atoms with Crippen LogP contribution >= 0.6 is 0 Å². The van der Waals surface area contributed by atoms with Crippen LogP contribution in [-0.4, -0.2) is 126 Å². The predicted molar refractivity (Wildman–Crippen MR) is 103 cm³/mol. The summed E-state index contributed by atoms with van der Waals surface area (Å²) < 4.78 is 39.1. The minimum atomic E-state index is -1.54. The van der Waals surface area contributed by atoms with Crippen LogP contribution in [0.5, 0.6) is 0 Å². The lowest BCUT2D eigenvalue weighted by molar-refractivity contribution is -0.343. The van der Waals surface area contributed by atoms with E-state index in [-0.39, 0.29) is 38.3 Å². The quantitative estimate of drug-likeness (QED) is 0.282. The van der Waals surface area contributed by atoms with E-state index in [9.17, 15) is 25.5 Å². The van der Waals surface area contributed by atoms with Crippen LogP contribution in [0.4, 0.5) is 0 Å². The molecule has 186 valence electrons. The fourth-order valence-corrected chi connectivity index (χ4v) is 4.25.